The van der Waals surface area contributed by atoms with Gasteiger partial charge in [0.05, 0.1) is 18.2 Å². The van der Waals surface area contributed by atoms with Crippen LogP contribution in [0.3, 0.4) is 0 Å². The van der Waals surface area contributed by atoms with Crippen LogP contribution in [-0.2, 0) is 16.0 Å². The minimum atomic E-state index is 0.658. The van der Waals surface area contributed by atoms with Gasteiger partial charge in [-0.2, -0.15) is 0 Å². The maximum Gasteiger partial charge on any atom is 0.0700 e. The molecule has 5 heteroatoms. The second-order valence-electron chi connectivity index (χ2n) is 4.47. The number of benzene rings is 1. The average Bonchev–Trinajstić information content (AvgIpc) is 2.79. The number of hydrogen-bond acceptors (Lipinski definition) is 4. The van der Waals surface area contributed by atoms with Crippen molar-refractivity contribution in [3.8, 4) is 0 Å². The molecule has 1 N–H and O–H groups in total. The van der Waals surface area contributed by atoms with E-state index in [2.05, 4.69) is 17.4 Å². The highest BCUT2D eigenvalue weighted by Crippen LogP contribution is 2.34. The quantitative estimate of drug-likeness (QED) is 0.716. The van der Waals surface area contributed by atoms with Crippen LogP contribution in [-0.4, -0.2) is 33.5 Å². The second kappa shape index (κ2) is 8.60. The summed E-state index contributed by atoms with van der Waals surface area (Å²) in [5.41, 5.74) is 0. The van der Waals surface area contributed by atoms with Crippen molar-refractivity contribution in [3.05, 3.63) is 34.2 Å². The van der Waals surface area contributed by atoms with Crippen molar-refractivity contribution in [2.24, 2.45) is 0 Å². The maximum absolute atomic E-state index is 6.39. The number of ether oxygens (including phenoxy) is 2. The van der Waals surface area contributed by atoms with E-state index in [0.29, 0.717) is 13.2 Å². The van der Waals surface area contributed by atoms with Crippen molar-refractivity contribution in [2.75, 3.05) is 33.5 Å². The molecule has 3 nitrogen and oxygen atoms in total. The first-order chi connectivity index (χ1) is 9.83. The predicted molar refractivity (Wildman–Crippen MR) is 85.9 cm³/mol. The van der Waals surface area contributed by atoms with Crippen molar-refractivity contribution in [2.45, 2.75) is 13.0 Å². The van der Waals surface area contributed by atoms with E-state index in [1.165, 1.54) is 9.58 Å². The summed E-state index contributed by atoms with van der Waals surface area (Å²) < 4.78 is 11.6. The van der Waals surface area contributed by atoms with Crippen LogP contribution in [0.1, 0.15) is 11.3 Å². The number of halogens is 1. The third-order valence-corrected chi connectivity index (χ3v) is 4.68. The number of nitrogens with one attached hydrogen (secondary N) is 1. The fourth-order valence-corrected chi connectivity index (χ4v) is 3.39. The maximum atomic E-state index is 6.39. The van der Waals surface area contributed by atoms with Gasteiger partial charge in [0.25, 0.3) is 0 Å². The number of hydrogen-bond donors (Lipinski definition) is 1. The Kier molecular flexibility index (Phi) is 6.76. The minimum Gasteiger partial charge on any atom is -0.382 e. The zero-order valence-electron chi connectivity index (χ0n) is 11.7. The summed E-state index contributed by atoms with van der Waals surface area (Å²) in [5.74, 6) is 0. The van der Waals surface area contributed by atoms with E-state index < -0.39 is 0 Å². The summed E-state index contributed by atoms with van der Waals surface area (Å²) in [7, 11) is 1.68. The van der Waals surface area contributed by atoms with Gasteiger partial charge in [-0.15, -0.1) is 11.3 Å². The van der Waals surface area contributed by atoms with Crippen LogP contribution < -0.4 is 5.32 Å². The lowest BCUT2D eigenvalue weighted by atomic mass is 10.2. The van der Waals surface area contributed by atoms with Gasteiger partial charge in [0.1, 0.15) is 0 Å². The molecule has 0 amide bonds. The molecule has 1 aromatic carbocycles. The molecule has 0 saturated carbocycles. The standard InChI is InChI=1S/C15H20ClNO2S/c1-18-9-10-19-8-4-7-17-11-14-15(16)12-5-2-3-6-13(12)20-14/h2-3,5-6,17H,4,7-11H2,1H3. The van der Waals surface area contributed by atoms with Crippen molar-refractivity contribution in [1.29, 1.82) is 0 Å². The van der Waals surface area contributed by atoms with E-state index in [-0.39, 0.29) is 0 Å². The summed E-state index contributed by atoms with van der Waals surface area (Å²) >= 11 is 8.14. The fraction of sp³-hybridized carbons (Fsp3) is 0.467. The third kappa shape index (κ3) is 4.43. The Hall–Kier alpha value is -0.650. The molecule has 0 bridgehead atoms. The first-order valence-electron chi connectivity index (χ1n) is 6.76. The van der Waals surface area contributed by atoms with Crippen LogP contribution in [0, 0.1) is 0 Å². The zero-order valence-corrected chi connectivity index (χ0v) is 13.2. The normalized spacial score (nSPS) is 11.3. The first kappa shape index (κ1) is 15.7. The van der Waals surface area contributed by atoms with Gasteiger partial charge in [-0.25, -0.2) is 0 Å². The van der Waals surface area contributed by atoms with Crippen LogP contribution in [0.15, 0.2) is 24.3 Å². The van der Waals surface area contributed by atoms with Crippen molar-refractivity contribution >= 4 is 33.0 Å². The van der Waals surface area contributed by atoms with Gasteiger partial charge in [-0.3, -0.25) is 0 Å². The molecule has 1 aromatic heterocycles. The van der Waals surface area contributed by atoms with Crippen LogP contribution in [0.5, 0.6) is 0 Å². The molecule has 110 valence electrons. The van der Waals surface area contributed by atoms with Gasteiger partial charge in [0.2, 0.25) is 0 Å². The molecular formula is C15H20ClNO2S. The summed E-state index contributed by atoms with van der Waals surface area (Å²) in [6, 6.07) is 8.25. The van der Waals surface area contributed by atoms with Gasteiger partial charge >= 0.3 is 0 Å². The van der Waals surface area contributed by atoms with E-state index in [1.807, 2.05) is 12.1 Å². The molecule has 0 saturated heterocycles. The van der Waals surface area contributed by atoms with Crippen molar-refractivity contribution < 1.29 is 9.47 Å². The molecule has 0 aliphatic rings. The van der Waals surface area contributed by atoms with Crippen molar-refractivity contribution in [3.63, 3.8) is 0 Å². The van der Waals surface area contributed by atoms with E-state index in [1.54, 1.807) is 18.4 Å². The Bertz CT molecular complexity index is 530. The SMILES string of the molecule is COCCOCCCNCc1sc2ccccc2c1Cl. The van der Waals surface area contributed by atoms with Gasteiger partial charge in [-0.05, 0) is 19.0 Å². The monoisotopic (exact) mass is 313 g/mol. The summed E-state index contributed by atoms with van der Waals surface area (Å²) in [6.07, 6.45) is 0.992. The molecule has 1 heterocycles. The van der Waals surface area contributed by atoms with Crippen molar-refractivity contribution in [1.82, 2.24) is 5.32 Å². The summed E-state index contributed by atoms with van der Waals surface area (Å²) in [6.45, 7) is 3.83. The van der Waals surface area contributed by atoms with E-state index in [4.69, 9.17) is 21.1 Å². The second-order valence-corrected chi connectivity index (χ2v) is 5.99. The molecule has 0 radical (unpaired) electrons. The van der Waals surface area contributed by atoms with Gasteiger partial charge < -0.3 is 14.8 Å². The minimum absolute atomic E-state index is 0.658. The largest absolute Gasteiger partial charge is 0.382 e. The molecule has 2 aromatic rings. The number of fused-ring (bicyclic) bond motifs is 1. The molecule has 0 aliphatic carbocycles. The smallest absolute Gasteiger partial charge is 0.0700 e. The Morgan fingerprint density at radius 2 is 2.05 bits per heavy atom. The lowest BCUT2D eigenvalue weighted by Gasteiger charge is -2.05. The Balaban J connectivity index is 1.69. The Morgan fingerprint density at radius 1 is 1.20 bits per heavy atom. The highest BCUT2D eigenvalue weighted by atomic mass is 35.5. The lowest BCUT2D eigenvalue weighted by molar-refractivity contribution is 0.0695. The van der Waals surface area contributed by atoms with Gasteiger partial charge in [-0.1, -0.05) is 29.8 Å². The van der Waals surface area contributed by atoms with Crippen LogP contribution in [0.4, 0.5) is 0 Å². The molecule has 0 fully saturated rings. The van der Waals surface area contributed by atoms with E-state index in [0.717, 1.165) is 36.5 Å². The fourth-order valence-electron chi connectivity index (χ4n) is 1.92. The number of rotatable bonds is 9. The third-order valence-electron chi connectivity index (χ3n) is 2.96. The lowest BCUT2D eigenvalue weighted by Crippen LogP contribution is -2.16. The molecule has 20 heavy (non-hydrogen) atoms. The first-order valence-corrected chi connectivity index (χ1v) is 7.95. The van der Waals surface area contributed by atoms with E-state index >= 15 is 0 Å². The number of methoxy groups -OCH3 is 1. The summed E-state index contributed by atoms with van der Waals surface area (Å²) in [4.78, 5) is 1.20. The van der Waals surface area contributed by atoms with Gasteiger partial charge in [0, 0.05) is 35.2 Å². The molecular weight excluding hydrogens is 294 g/mol. The Labute approximate surface area is 128 Å². The topological polar surface area (TPSA) is 30.5 Å². The molecule has 0 unspecified atom stereocenters. The predicted octanol–water partition coefficient (Wildman–Crippen LogP) is 3.70. The molecule has 0 aliphatic heterocycles. The summed E-state index contributed by atoms with van der Waals surface area (Å²) in [5, 5.41) is 5.44. The zero-order chi connectivity index (χ0) is 14.2. The average molecular weight is 314 g/mol. The Morgan fingerprint density at radius 3 is 2.85 bits per heavy atom. The van der Waals surface area contributed by atoms with Crippen LogP contribution >= 0.6 is 22.9 Å². The highest BCUT2D eigenvalue weighted by molar-refractivity contribution is 7.19. The molecule has 0 spiro atoms. The molecule has 0 atom stereocenters. The highest BCUT2D eigenvalue weighted by Gasteiger charge is 2.08. The van der Waals surface area contributed by atoms with Crippen LogP contribution in [0.2, 0.25) is 5.02 Å². The molecule has 2 rings (SSSR count). The van der Waals surface area contributed by atoms with E-state index in [9.17, 15) is 0 Å². The van der Waals surface area contributed by atoms with Crippen LogP contribution in [0.25, 0.3) is 10.1 Å². The van der Waals surface area contributed by atoms with Gasteiger partial charge in [0.15, 0.2) is 0 Å². The number of thiophene rings is 1.